The molecule has 0 radical (unpaired) electrons. The number of aromatic nitrogens is 2. The first-order valence-electron chi connectivity index (χ1n) is 9.33. The number of pyridine rings is 1. The molecular weight excluding hydrogens is 334 g/mol. The van der Waals surface area contributed by atoms with Crippen LogP contribution in [0, 0.1) is 6.92 Å². The molecule has 2 N–H and O–H groups in total. The fourth-order valence-corrected chi connectivity index (χ4v) is 3.89. The third-order valence-electron chi connectivity index (χ3n) is 5.60. The van der Waals surface area contributed by atoms with Gasteiger partial charge in [0.1, 0.15) is 5.54 Å². The number of hydrogen-bond donors (Lipinski definition) is 2. The van der Waals surface area contributed by atoms with Crippen LogP contribution in [-0.2, 0) is 4.79 Å². The molecule has 0 aromatic carbocycles. The van der Waals surface area contributed by atoms with Crippen molar-refractivity contribution in [2.75, 3.05) is 0 Å². The van der Waals surface area contributed by atoms with E-state index in [2.05, 4.69) is 15.5 Å². The molecule has 0 unspecified atom stereocenters. The summed E-state index contributed by atoms with van der Waals surface area (Å²) in [6.45, 7) is 1.76. The SMILES string of the molecule is Cc1noc2nc(C3CC3)cc(C(=O)NC3(C(=O)O)CCCCCC3)c12. The number of hydrogen-bond acceptors (Lipinski definition) is 5. The van der Waals surface area contributed by atoms with E-state index in [9.17, 15) is 14.7 Å². The summed E-state index contributed by atoms with van der Waals surface area (Å²) in [5.74, 6) is -0.986. The number of carbonyl (C=O) groups excluding carboxylic acids is 1. The molecule has 0 bridgehead atoms. The van der Waals surface area contributed by atoms with Crippen LogP contribution in [0.4, 0.5) is 0 Å². The van der Waals surface area contributed by atoms with Gasteiger partial charge >= 0.3 is 5.97 Å². The maximum absolute atomic E-state index is 13.1. The van der Waals surface area contributed by atoms with Crippen molar-refractivity contribution in [2.45, 2.75) is 69.7 Å². The Kier molecular flexibility index (Phi) is 4.17. The van der Waals surface area contributed by atoms with Crippen LogP contribution in [0.25, 0.3) is 11.1 Å². The topological polar surface area (TPSA) is 105 Å². The minimum atomic E-state index is -1.20. The lowest BCUT2D eigenvalue weighted by molar-refractivity contribution is -0.145. The third kappa shape index (κ3) is 2.95. The van der Waals surface area contributed by atoms with E-state index >= 15 is 0 Å². The van der Waals surface area contributed by atoms with Crippen LogP contribution >= 0.6 is 0 Å². The molecule has 2 fully saturated rings. The summed E-state index contributed by atoms with van der Waals surface area (Å²) >= 11 is 0. The minimum absolute atomic E-state index is 0.349. The Morgan fingerprint density at radius 2 is 1.92 bits per heavy atom. The molecular formula is C19H23N3O4. The fourth-order valence-electron chi connectivity index (χ4n) is 3.89. The second-order valence-corrected chi connectivity index (χ2v) is 7.57. The van der Waals surface area contributed by atoms with E-state index < -0.39 is 11.5 Å². The largest absolute Gasteiger partial charge is 0.480 e. The quantitative estimate of drug-likeness (QED) is 0.813. The van der Waals surface area contributed by atoms with Gasteiger partial charge in [0.25, 0.3) is 11.6 Å². The molecule has 0 saturated heterocycles. The molecule has 2 aromatic rings. The molecule has 138 valence electrons. The number of carbonyl (C=O) groups is 2. The van der Waals surface area contributed by atoms with Gasteiger partial charge in [0.2, 0.25) is 0 Å². The predicted octanol–water partition coefficient (Wildman–Crippen LogP) is 3.32. The summed E-state index contributed by atoms with van der Waals surface area (Å²) < 4.78 is 5.28. The fraction of sp³-hybridized carbons (Fsp3) is 0.579. The Labute approximate surface area is 151 Å². The number of amides is 1. The van der Waals surface area contributed by atoms with Crippen LogP contribution < -0.4 is 5.32 Å². The molecule has 7 heteroatoms. The monoisotopic (exact) mass is 357 g/mol. The zero-order valence-corrected chi connectivity index (χ0v) is 14.9. The van der Waals surface area contributed by atoms with Crippen LogP contribution in [0.2, 0.25) is 0 Å². The van der Waals surface area contributed by atoms with E-state index in [0.29, 0.717) is 41.1 Å². The first-order chi connectivity index (χ1) is 12.5. The van der Waals surface area contributed by atoms with Crippen molar-refractivity contribution >= 4 is 23.0 Å². The number of rotatable bonds is 4. The molecule has 2 aliphatic rings. The molecule has 7 nitrogen and oxygen atoms in total. The van der Waals surface area contributed by atoms with Crippen molar-refractivity contribution in [3.8, 4) is 0 Å². The maximum Gasteiger partial charge on any atom is 0.329 e. The van der Waals surface area contributed by atoms with Gasteiger partial charge in [-0.1, -0.05) is 30.8 Å². The summed E-state index contributed by atoms with van der Waals surface area (Å²) in [6.07, 6.45) is 6.62. The lowest BCUT2D eigenvalue weighted by Gasteiger charge is -2.29. The maximum atomic E-state index is 13.1. The Hall–Kier alpha value is -2.44. The van der Waals surface area contributed by atoms with Crippen molar-refractivity contribution < 1.29 is 19.2 Å². The van der Waals surface area contributed by atoms with Gasteiger partial charge in [-0.2, -0.15) is 0 Å². The van der Waals surface area contributed by atoms with Gasteiger partial charge < -0.3 is 14.9 Å². The molecule has 2 saturated carbocycles. The number of carboxylic acid groups (broad SMARTS) is 1. The van der Waals surface area contributed by atoms with Gasteiger partial charge in [0.15, 0.2) is 0 Å². The zero-order valence-electron chi connectivity index (χ0n) is 14.9. The highest BCUT2D eigenvalue weighted by Crippen LogP contribution is 2.40. The van der Waals surface area contributed by atoms with Crippen molar-refractivity contribution in [2.24, 2.45) is 0 Å². The second kappa shape index (κ2) is 6.37. The molecule has 26 heavy (non-hydrogen) atoms. The van der Waals surface area contributed by atoms with E-state index in [0.717, 1.165) is 44.2 Å². The molecule has 2 heterocycles. The van der Waals surface area contributed by atoms with E-state index in [1.165, 1.54) is 0 Å². The second-order valence-electron chi connectivity index (χ2n) is 7.57. The van der Waals surface area contributed by atoms with Gasteiger partial charge in [-0.3, -0.25) is 4.79 Å². The number of aryl methyl sites for hydroxylation is 1. The van der Waals surface area contributed by atoms with Crippen LogP contribution in [0.3, 0.4) is 0 Å². The van der Waals surface area contributed by atoms with Gasteiger partial charge in [-0.05, 0) is 38.7 Å². The molecule has 2 aliphatic carbocycles. The number of carboxylic acids is 1. The minimum Gasteiger partial charge on any atom is -0.480 e. The van der Waals surface area contributed by atoms with Gasteiger partial charge in [-0.25, -0.2) is 9.78 Å². The summed E-state index contributed by atoms with van der Waals surface area (Å²) in [5, 5.41) is 17.2. The van der Waals surface area contributed by atoms with Gasteiger partial charge in [-0.15, -0.1) is 0 Å². The summed E-state index contributed by atoms with van der Waals surface area (Å²) in [7, 11) is 0. The van der Waals surface area contributed by atoms with Crippen LogP contribution in [0.1, 0.15) is 79.0 Å². The Morgan fingerprint density at radius 1 is 1.23 bits per heavy atom. The molecule has 2 aromatic heterocycles. The number of nitrogens with zero attached hydrogens (tertiary/aromatic N) is 2. The standard InChI is InChI=1S/C19H23N3O4/c1-11-15-13(10-14(12-6-7-12)20-17(15)26-22-11)16(23)21-19(18(24)25)8-4-2-3-5-9-19/h10,12H,2-9H2,1H3,(H,21,23)(H,24,25). The Morgan fingerprint density at radius 3 is 2.54 bits per heavy atom. The molecule has 0 atom stereocenters. The highest BCUT2D eigenvalue weighted by atomic mass is 16.5. The van der Waals surface area contributed by atoms with E-state index in [1.54, 1.807) is 13.0 Å². The summed E-state index contributed by atoms with van der Waals surface area (Å²) in [5.41, 5.74) is 0.977. The molecule has 0 aliphatic heterocycles. The summed E-state index contributed by atoms with van der Waals surface area (Å²) in [4.78, 5) is 29.6. The van der Waals surface area contributed by atoms with Crippen LogP contribution in [0.5, 0.6) is 0 Å². The smallest absolute Gasteiger partial charge is 0.329 e. The Bertz CT molecular complexity index is 861. The average Bonchev–Trinajstić information content (AvgIpc) is 3.42. The van der Waals surface area contributed by atoms with Crippen molar-refractivity contribution in [3.05, 3.63) is 23.0 Å². The summed E-state index contributed by atoms with van der Waals surface area (Å²) in [6, 6.07) is 1.78. The van der Waals surface area contributed by atoms with E-state index in [-0.39, 0.29) is 5.91 Å². The number of fused-ring (bicyclic) bond motifs is 1. The van der Waals surface area contributed by atoms with Crippen molar-refractivity contribution in [3.63, 3.8) is 0 Å². The predicted molar refractivity (Wildman–Crippen MR) is 94.1 cm³/mol. The van der Waals surface area contributed by atoms with E-state index in [4.69, 9.17) is 4.52 Å². The van der Waals surface area contributed by atoms with Gasteiger partial charge in [0, 0.05) is 11.6 Å². The lowest BCUT2D eigenvalue weighted by Crippen LogP contribution is -2.54. The third-order valence-corrected chi connectivity index (χ3v) is 5.60. The van der Waals surface area contributed by atoms with E-state index in [1.807, 2.05) is 0 Å². The highest BCUT2D eigenvalue weighted by molar-refractivity contribution is 6.07. The van der Waals surface area contributed by atoms with Crippen LogP contribution in [0.15, 0.2) is 10.6 Å². The first kappa shape index (κ1) is 17.0. The normalized spacial score (nSPS) is 19.9. The number of aliphatic carboxylic acids is 1. The van der Waals surface area contributed by atoms with Crippen LogP contribution in [-0.4, -0.2) is 32.7 Å². The zero-order chi connectivity index (χ0) is 18.3. The number of nitrogens with one attached hydrogen (secondary N) is 1. The molecule has 1 amide bonds. The first-order valence-corrected chi connectivity index (χ1v) is 9.33. The highest BCUT2D eigenvalue weighted by Gasteiger charge is 2.41. The Balaban J connectivity index is 1.73. The van der Waals surface area contributed by atoms with Gasteiger partial charge in [0.05, 0.1) is 16.6 Å². The molecule has 4 rings (SSSR count). The van der Waals surface area contributed by atoms with Crippen molar-refractivity contribution in [1.82, 2.24) is 15.5 Å². The molecule has 0 spiro atoms. The average molecular weight is 357 g/mol. The van der Waals surface area contributed by atoms with Crippen molar-refractivity contribution in [1.29, 1.82) is 0 Å². The lowest BCUT2D eigenvalue weighted by atomic mass is 9.89.